The van der Waals surface area contributed by atoms with Gasteiger partial charge in [0.15, 0.2) is 0 Å². The first-order valence-corrected chi connectivity index (χ1v) is 12.9. The molecule has 0 bridgehead atoms. The first kappa shape index (κ1) is 25.1. The van der Waals surface area contributed by atoms with Crippen molar-refractivity contribution in [3.8, 4) is 0 Å². The number of carbonyl (C=O) groups is 2. The highest BCUT2D eigenvalue weighted by Gasteiger charge is 2.33. The minimum atomic E-state index is -3.76. The molecule has 2 amide bonds. The topological polar surface area (TPSA) is 153 Å². The fourth-order valence-corrected chi connectivity index (χ4v) is 5.04. The highest BCUT2D eigenvalue weighted by molar-refractivity contribution is 7.90. The Labute approximate surface area is 193 Å². The monoisotopic (exact) mass is 485 g/mol. The molecule has 1 aromatic heterocycles. The summed E-state index contributed by atoms with van der Waals surface area (Å²) < 4.78 is 37.2. The SMILES string of the molecule is CO/N=C/C(=O)NS(=O)(=O)CCCCCC(=O)N1CCCCC1c1nnc([C@H]2CCCO2)o1. The summed E-state index contributed by atoms with van der Waals surface area (Å²) in [5.74, 6) is -0.168. The number of carbonyl (C=O) groups excluding carboxylic acids is 2. The molecule has 2 atom stereocenters. The van der Waals surface area contributed by atoms with Crippen LogP contribution < -0.4 is 4.72 Å². The van der Waals surface area contributed by atoms with Crippen LogP contribution in [0, 0.1) is 0 Å². The quantitative estimate of drug-likeness (QED) is 0.280. The number of sulfonamides is 1. The van der Waals surface area contributed by atoms with Crippen LogP contribution >= 0.6 is 0 Å². The van der Waals surface area contributed by atoms with Gasteiger partial charge in [-0.25, -0.2) is 13.1 Å². The van der Waals surface area contributed by atoms with Gasteiger partial charge in [-0.3, -0.25) is 9.59 Å². The first-order chi connectivity index (χ1) is 15.9. The fourth-order valence-electron chi connectivity index (χ4n) is 3.99. The number of ether oxygens (including phenoxy) is 1. The molecule has 2 saturated heterocycles. The Kier molecular flexibility index (Phi) is 9.18. The summed E-state index contributed by atoms with van der Waals surface area (Å²) >= 11 is 0. The Morgan fingerprint density at radius 2 is 2.00 bits per heavy atom. The van der Waals surface area contributed by atoms with Crippen molar-refractivity contribution < 1.29 is 32.0 Å². The second-order valence-electron chi connectivity index (χ2n) is 8.09. The lowest BCUT2D eigenvalue weighted by Crippen LogP contribution is -2.38. The first-order valence-electron chi connectivity index (χ1n) is 11.2. The number of amides is 2. The highest BCUT2D eigenvalue weighted by atomic mass is 32.2. The average molecular weight is 486 g/mol. The van der Waals surface area contributed by atoms with Gasteiger partial charge in [0.25, 0.3) is 5.91 Å². The molecule has 0 saturated carbocycles. The molecule has 3 heterocycles. The summed E-state index contributed by atoms with van der Waals surface area (Å²) in [6.07, 6.45) is 6.78. The summed E-state index contributed by atoms with van der Waals surface area (Å²) in [7, 11) is -2.52. The van der Waals surface area contributed by atoms with Gasteiger partial charge in [-0.05, 0) is 44.9 Å². The van der Waals surface area contributed by atoms with Crippen LogP contribution in [0.15, 0.2) is 9.57 Å². The van der Waals surface area contributed by atoms with E-state index in [9.17, 15) is 18.0 Å². The number of oxime groups is 1. The highest BCUT2D eigenvalue weighted by Crippen LogP contribution is 2.33. The summed E-state index contributed by atoms with van der Waals surface area (Å²) in [6.45, 7) is 1.32. The van der Waals surface area contributed by atoms with Gasteiger partial charge < -0.3 is 18.9 Å². The van der Waals surface area contributed by atoms with Gasteiger partial charge in [0.05, 0.1) is 5.75 Å². The lowest BCUT2D eigenvalue weighted by Gasteiger charge is -2.33. The molecule has 0 aromatic carbocycles. The Morgan fingerprint density at radius 1 is 1.18 bits per heavy atom. The van der Waals surface area contributed by atoms with Crippen molar-refractivity contribution in [1.29, 1.82) is 0 Å². The number of piperidine rings is 1. The zero-order valence-corrected chi connectivity index (χ0v) is 19.6. The van der Waals surface area contributed by atoms with Gasteiger partial charge in [0, 0.05) is 19.6 Å². The molecule has 0 aliphatic carbocycles. The molecule has 1 N–H and O–H groups in total. The normalized spacial score (nSPS) is 21.4. The van der Waals surface area contributed by atoms with Crippen LogP contribution in [0.3, 0.4) is 0 Å². The van der Waals surface area contributed by atoms with Crippen molar-refractivity contribution in [2.75, 3.05) is 26.0 Å². The molecular formula is C20H31N5O7S. The number of likely N-dealkylation sites (tertiary alicyclic amines) is 1. The Balaban J connectivity index is 1.44. The lowest BCUT2D eigenvalue weighted by atomic mass is 10.0. The van der Waals surface area contributed by atoms with Crippen molar-refractivity contribution in [2.24, 2.45) is 5.16 Å². The minimum Gasteiger partial charge on any atom is -0.420 e. The summed E-state index contributed by atoms with van der Waals surface area (Å²) in [5.41, 5.74) is 0. The lowest BCUT2D eigenvalue weighted by molar-refractivity contribution is -0.135. The van der Waals surface area contributed by atoms with Crippen molar-refractivity contribution in [2.45, 2.75) is 69.9 Å². The second-order valence-corrected chi connectivity index (χ2v) is 9.93. The van der Waals surface area contributed by atoms with Gasteiger partial charge in [0.2, 0.25) is 27.7 Å². The molecule has 2 aliphatic heterocycles. The summed E-state index contributed by atoms with van der Waals surface area (Å²) in [6, 6.07) is -0.238. The molecule has 2 fully saturated rings. The van der Waals surface area contributed by atoms with E-state index in [-0.39, 0.29) is 23.8 Å². The van der Waals surface area contributed by atoms with Crippen molar-refractivity contribution >= 4 is 28.1 Å². The van der Waals surface area contributed by atoms with E-state index >= 15 is 0 Å². The van der Waals surface area contributed by atoms with Gasteiger partial charge in [0.1, 0.15) is 25.5 Å². The van der Waals surface area contributed by atoms with E-state index in [2.05, 4.69) is 20.2 Å². The predicted molar refractivity (Wildman–Crippen MR) is 116 cm³/mol. The van der Waals surface area contributed by atoms with Crippen molar-refractivity contribution in [3.05, 3.63) is 11.8 Å². The molecule has 1 unspecified atom stereocenters. The number of rotatable bonds is 11. The van der Waals surface area contributed by atoms with Gasteiger partial charge in [-0.1, -0.05) is 11.6 Å². The standard InChI is InChI=1S/C20H31N5O7S/c1-30-21-14-17(26)24-33(28,29)13-6-2-3-10-18(27)25-11-5-4-8-15(25)19-22-23-20(32-19)16-9-7-12-31-16/h14-16H,2-13H2,1H3,(H,24,26)/b21-14+/t15?,16-/m1/s1. The number of aromatic nitrogens is 2. The Hall–Kier alpha value is -2.54. The molecule has 12 nitrogen and oxygen atoms in total. The van der Waals surface area contributed by atoms with Crippen LogP contribution in [0.25, 0.3) is 0 Å². The smallest absolute Gasteiger partial charge is 0.279 e. The van der Waals surface area contributed by atoms with E-state index in [1.807, 2.05) is 4.72 Å². The molecule has 3 rings (SSSR count). The van der Waals surface area contributed by atoms with E-state index in [0.717, 1.165) is 38.3 Å². The third-order valence-electron chi connectivity index (χ3n) is 5.60. The molecule has 2 aliphatic rings. The minimum absolute atomic E-state index is 0.0106. The fraction of sp³-hybridized carbons (Fsp3) is 0.750. The largest absolute Gasteiger partial charge is 0.420 e. The van der Waals surface area contributed by atoms with Gasteiger partial charge in [-0.2, -0.15) is 0 Å². The molecule has 13 heteroatoms. The number of unbranched alkanes of at least 4 members (excludes halogenated alkanes) is 2. The van der Waals surface area contributed by atoms with E-state index in [1.165, 1.54) is 7.11 Å². The third-order valence-corrected chi connectivity index (χ3v) is 6.94. The van der Waals surface area contributed by atoms with E-state index < -0.39 is 15.9 Å². The summed E-state index contributed by atoms with van der Waals surface area (Å²) in [5, 5.41) is 11.5. The van der Waals surface area contributed by atoms with Crippen LogP contribution in [0.4, 0.5) is 0 Å². The van der Waals surface area contributed by atoms with Crippen molar-refractivity contribution in [3.63, 3.8) is 0 Å². The van der Waals surface area contributed by atoms with Gasteiger partial charge >= 0.3 is 0 Å². The maximum Gasteiger partial charge on any atom is 0.279 e. The van der Waals surface area contributed by atoms with Crippen LogP contribution in [0.5, 0.6) is 0 Å². The van der Waals surface area contributed by atoms with Crippen molar-refractivity contribution in [1.82, 2.24) is 19.8 Å². The van der Waals surface area contributed by atoms with E-state index in [0.29, 0.717) is 50.6 Å². The predicted octanol–water partition coefficient (Wildman–Crippen LogP) is 1.61. The molecule has 33 heavy (non-hydrogen) atoms. The molecule has 0 spiro atoms. The number of hydrogen-bond donors (Lipinski definition) is 1. The number of nitrogens with one attached hydrogen (secondary N) is 1. The molecule has 0 radical (unpaired) electrons. The summed E-state index contributed by atoms with van der Waals surface area (Å²) in [4.78, 5) is 30.4. The zero-order valence-electron chi connectivity index (χ0n) is 18.8. The number of hydrogen-bond acceptors (Lipinski definition) is 10. The zero-order chi connectivity index (χ0) is 23.7. The molecular weight excluding hydrogens is 454 g/mol. The molecule has 1 aromatic rings. The number of nitrogens with zero attached hydrogens (tertiary/aromatic N) is 4. The van der Waals surface area contributed by atoms with E-state index in [1.54, 1.807) is 4.90 Å². The Morgan fingerprint density at radius 3 is 2.76 bits per heavy atom. The maximum absolute atomic E-state index is 12.9. The van der Waals surface area contributed by atoms with Crippen LogP contribution in [-0.4, -0.2) is 67.6 Å². The Bertz CT molecular complexity index is 927. The third kappa shape index (κ3) is 7.49. The van der Waals surface area contributed by atoms with Crippen LogP contribution in [-0.2, 0) is 29.2 Å². The second kappa shape index (κ2) is 12.1. The van der Waals surface area contributed by atoms with Gasteiger partial charge in [-0.15, -0.1) is 10.2 Å². The average Bonchev–Trinajstić information content (AvgIpc) is 3.49. The van der Waals surface area contributed by atoms with Crippen LogP contribution in [0.1, 0.15) is 81.7 Å². The van der Waals surface area contributed by atoms with Crippen LogP contribution in [0.2, 0.25) is 0 Å². The maximum atomic E-state index is 12.9. The molecule has 184 valence electrons. The van der Waals surface area contributed by atoms with E-state index in [4.69, 9.17) is 9.15 Å².